The number of pyridine rings is 1. The second kappa shape index (κ2) is 5.53. The molecule has 0 aliphatic carbocycles. The van der Waals surface area contributed by atoms with Crippen LogP contribution in [0.1, 0.15) is 27.8 Å². The maximum Gasteiger partial charge on any atom is 0.308 e. The van der Waals surface area contributed by atoms with Gasteiger partial charge in [0.05, 0.1) is 18.4 Å². The summed E-state index contributed by atoms with van der Waals surface area (Å²) in [7, 11) is 1.42. The summed E-state index contributed by atoms with van der Waals surface area (Å²) in [5, 5.41) is 0. The van der Waals surface area contributed by atoms with Crippen LogP contribution in [0.25, 0.3) is 0 Å². The molecule has 116 valence electrons. The molecular weight excluding hydrogens is 300 g/mol. The average Bonchev–Trinajstić information content (AvgIpc) is 2.79. The smallest absolute Gasteiger partial charge is 0.308 e. The van der Waals surface area contributed by atoms with Crippen LogP contribution in [0.5, 0.6) is 11.5 Å². The molecule has 0 atom stereocenters. The summed E-state index contributed by atoms with van der Waals surface area (Å²) in [6.07, 6.45) is 1.45. The van der Waals surface area contributed by atoms with Gasteiger partial charge >= 0.3 is 5.97 Å². The fraction of sp³-hybridized carbons (Fsp3) is 0.125. The van der Waals surface area contributed by atoms with Crippen molar-refractivity contribution in [3.05, 3.63) is 47.8 Å². The molecule has 0 spiro atoms. The third kappa shape index (κ3) is 2.42. The summed E-state index contributed by atoms with van der Waals surface area (Å²) < 4.78 is 10.2. The summed E-state index contributed by atoms with van der Waals surface area (Å²) in [5.41, 5.74) is 0.611. The van der Waals surface area contributed by atoms with Crippen molar-refractivity contribution in [3.8, 4) is 11.5 Å². The minimum atomic E-state index is -0.538. The Morgan fingerprint density at radius 2 is 1.91 bits per heavy atom. The predicted molar refractivity (Wildman–Crippen MR) is 79.7 cm³/mol. The van der Waals surface area contributed by atoms with Crippen LogP contribution in [-0.4, -0.2) is 29.9 Å². The number of hydrogen-bond donors (Lipinski definition) is 0. The zero-order chi connectivity index (χ0) is 16.6. The molecule has 23 heavy (non-hydrogen) atoms. The molecule has 0 bridgehead atoms. The van der Waals surface area contributed by atoms with Gasteiger partial charge in [-0.1, -0.05) is 0 Å². The first-order valence-corrected chi connectivity index (χ1v) is 6.73. The molecule has 0 N–H and O–H groups in total. The van der Waals surface area contributed by atoms with Crippen LogP contribution in [0.4, 0.5) is 5.69 Å². The van der Waals surface area contributed by atoms with Gasteiger partial charge in [-0.15, -0.1) is 0 Å². The highest BCUT2D eigenvalue weighted by Crippen LogP contribution is 2.35. The van der Waals surface area contributed by atoms with Crippen molar-refractivity contribution in [3.63, 3.8) is 0 Å². The molecule has 1 aromatic heterocycles. The van der Waals surface area contributed by atoms with E-state index in [1.165, 1.54) is 38.4 Å². The molecule has 0 saturated carbocycles. The maximum atomic E-state index is 12.4. The van der Waals surface area contributed by atoms with Crippen LogP contribution in [-0.2, 0) is 4.79 Å². The molecule has 0 fully saturated rings. The minimum absolute atomic E-state index is 0.0994. The molecule has 1 aromatic carbocycles. The van der Waals surface area contributed by atoms with E-state index < -0.39 is 17.8 Å². The van der Waals surface area contributed by atoms with E-state index in [2.05, 4.69) is 4.98 Å². The quantitative estimate of drug-likeness (QED) is 0.488. The van der Waals surface area contributed by atoms with Crippen LogP contribution < -0.4 is 14.4 Å². The first-order valence-electron chi connectivity index (χ1n) is 6.73. The SMILES string of the molecule is COc1ccc(N2C(=O)c3cccnc3C2=O)cc1OC(C)=O. The second-order valence-corrected chi connectivity index (χ2v) is 4.77. The van der Waals surface area contributed by atoms with E-state index in [0.29, 0.717) is 5.75 Å². The second-order valence-electron chi connectivity index (χ2n) is 4.77. The molecule has 0 saturated heterocycles. The lowest BCUT2D eigenvalue weighted by molar-refractivity contribution is -0.132. The van der Waals surface area contributed by atoms with E-state index in [-0.39, 0.29) is 22.7 Å². The molecule has 3 rings (SSSR count). The maximum absolute atomic E-state index is 12.4. The summed E-state index contributed by atoms with van der Waals surface area (Å²) >= 11 is 0. The molecule has 7 heteroatoms. The van der Waals surface area contributed by atoms with Crippen LogP contribution in [0.2, 0.25) is 0 Å². The predicted octanol–water partition coefficient (Wildman–Crippen LogP) is 1.82. The number of carbonyl (C=O) groups is 3. The van der Waals surface area contributed by atoms with Gasteiger partial charge in [0.2, 0.25) is 0 Å². The van der Waals surface area contributed by atoms with Crippen LogP contribution in [0, 0.1) is 0 Å². The number of esters is 1. The van der Waals surface area contributed by atoms with Crippen molar-refractivity contribution in [2.45, 2.75) is 6.92 Å². The van der Waals surface area contributed by atoms with E-state index in [0.717, 1.165) is 4.90 Å². The first kappa shape index (κ1) is 14.7. The molecule has 7 nitrogen and oxygen atoms in total. The van der Waals surface area contributed by atoms with E-state index in [1.54, 1.807) is 12.1 Å². The molecule has 2 heterocycles. The monoisotopic (exact) mass is 312 g/mol. The first-order chi connectivity index (χ1) is 11.0. The molecule has 2 aromatic rings. The van der Waals surface area contributed by atoms with Crippen molar-refractivity contribution in [1.82, 2.24) is 4.98 Å². The van der Waals surface area contributed by atoms with Gasteiger partial charge in [0, 0.05) is 19.2 Å². The van der Waals surface area contributed by atoms with Gasteiger partial charge in [-0.05, 0) is 24.3 Å². The van der Waals surface area contributed by atoms with E-state index in [4.69, 9.17) is 9.47 Å². The molecular formula is C16H12N2O5. The number of fused-ring (bicyclic) bond motifs is 1. The van der Waals surface area contributed by atoms with Crippen molar-refractivity contribution in [1.29, 1.82) is 0 Å². The molecule has 1 aliphatic heterocycles. The van der Waals surface area contributed by atoms with Crippen molar-refractivity contribution in [2.24, 2.45) is 0 Å². The number of ether oxygens (including phenoxy) is 2. The molecule has 0 unspecified atom stereocenters. The number of imide groups is 1. The fourth-order valence-corrected chi connectivity index (χ4v) is 2.34. The molecule has 2 amide bonds. The Morgan fingerprint density at radius 1 is 1.13 bits per heavy atom. The minimum Gasteiger partial charge on any atom is -0.493 e. The Balaban J connectivity index is 2.05. The number of amides is 2. The zero-order valence-electron chi connectivity index (χ0n) is 12.4. The molecule has 0 radical (unpaired) electrons. The number of carbonyl (C=O) groups excluding carboxylic acids is 3. The highest BCUT2D eigenvalue weighted by atomic mass is 16.6. The zero-order valence-corrected chi connectivity index (χ0v) is 12.4. The Morgan fingerprint density at radius 3 is 2.57 bits per heavy atom. The number of benzene rings is 1. The molecule has 1 aliphatic rings. The van der Waals surface area contributed by atoms with Gasteiger partial charge in [-0.25, -0.2) is 4.90 Å². The largest absolute Gasteiger partial charge is 0.493 e. The van der Waals surface area contributed by atoms with Crippen molar-refractivity contribution < 1.29 is 23.9 Å². The Bertz CT molecular complexity index is 796. The normalized spacial score (nSPS) is 13.0. The van der Waals surface area contributed by atoms with E-state index in [9.17, 15) is 14.4 Å². The van der Waals surface area contributed by atoms with Crippen LogP contribution in [0.15, 0.2) is 36.5 Å². The number of rotatable bonds is 3. The third-order valence-electron chi connectivity index (χ3n) is 3.31. The average molecular weight is 312 g/mol. The number of nitrogens with zero attached hydrogens (tertiary/aromatic N) is 2. The fourth-order valence-electron chi connectivity index (χ4n) is 2.34. The number of aromatic nitrogens is 1. The third-order valence-corrected chi connectivity index (χ3v) is 3.31. The van der Waals surface area contributed by atoms with Gasteiger partial charge in [-0.3, -0.25) is 19.4 Å². The Hall–Kier alpha value is -3.22. The van der Waals surface area contributed by atoms with Gasteiger partial charge in [0.25, 0.3) is 11.8 Å². The summed E-state index contributed by atoms with van der Waals surface area (Å²) in [6.45, 7) is 1.25. The highest BCUT2D eigenvalue weighted by molar-refractivity contribution is 6.33. The number of anilines is 1. The van der Waals surface area contributed by atoms with Crippen LogP contribution in [0.3, 0.4) is 0 Å². The summed E-state index contributed by atoms with van der Waals surface area (Å²) in [4.78, 5) is 40.9. The topological polar surface area (TPSA) is 85.8 Å². The van der Waals surface area contributed by atoms with Crippen molar-refractivity contribution >= 4 is 23.5 Å². The highest BCUT2D eigenvalue weighted by Gasteiger charge is 2.38. The van der Waals surface area contributed by atoms with E-state index in [1.807, 2.05) is 0 Å². The van der Waals surface area contributed by atoms with Gasteiger partial charge < -0.3 is 9.47 Å². The Kier molecular flexibility index (Phi) is 3.53. The van der Waals surface area contributed by atoms with Gasteiger partial charge in [0.15, 0.2) is 11.5 Å². The van der Waals surface area contributed by atoms with Gasteiger partial charge in [0.1, 0.15) is 5.69 Å². The van der Waals surface area contributed by atoms with Crippen LogP contribution >= 0.6 is 0 Å². The number of hydrogen-bond acceptors (Lipinski definition) is 6. The lowest BCUT2D eigenvalue weighted by Crippen LogP contribution is -2.29. The summed E-state index contributed by atoms with van der Waals surface area (Å²) in [5.74, 6) is -1.09. The summed E-state index contributed by atoms with van der Waals surface area (Å²) in [6, 6.07) is 7.59. The number of methoxy groups -OCH3 is 1. The van der Waals surface area contributed by atoms with E-state index >= 15 is 0 Å². The van der Waals surface area contributed by atoms with Gasteiger partial charge in [-0.2, -0.15) is 0 Å². The van der Waals surface area contributed by atoms with Crippen molar-refractivity contribution in [2.75, 3.05) is 12.0 Å². The lowest BCUT2D eigenvalue weighted by Gasteiger charge is -2.16. The lowest BCUT2D eigenvalue weighted by atomic mass is 10.2. The Labute approximate surface area is 131 Å². The standard InChI is InChI=1S/C16H12N2O5/c1-9(19)23-13-8-10(5-6-12(13)22-2)18-15(20)11-4-3-7-17-14(11)16(18)21/h3-8H,1-2H3.